The molecule has 2 aromatic carbocycles. The molecule has 1 N–H and O–H groups in total. The number of amides is 1. The Hall–Kier alpha value is -2.66. The molecule has 1 aliphatic heterocycles. The van der Waals surface area contributed by atoms with E-state index in [9.17, 15) is 14.9 Å². The summed E-state index contributed by atoms with van der Waals surface area (Å²) in [6, 6.07) is 11.3. The van der Waals surface area contributed by atoms with Crippen LogP contribution in [-0.4, -0.2) is 10.8 Å². The Kier molecular flexibility index (Phi) is 3.19. The van der Waals surface area contributed by atoms with Crippen LogP contribution in [0.4, 0.5) is 11.4 Å². The van der Waals surface area contributed by atoms with Gasteiger partial charge in [-0.05, 0) is 24.3 Å². The first kappa shape index (κ1) is 13.3. The van der Waals surface area contributed by atoms with Crippen LogP contribution in [0.15, 0.2) is 42.5 Å². The van der Waals surface area contributed by atoms with Gasteiger partial charge in [0.15, 0.2) is 0 Å². The number of carbonyl (C=O) groups is 1. The fourth-order valence-electron chi connectivity index (χ4n) is 2.24. The first-order chi connectivity index (χ1) is 10.1. The molecule has 0 aliphatic carbocycles. The quantitative estimate of drug-likeness (QED) is 0.521. The van der Waals surface area contributed by atoms with Gasteiger partial charge in [-0.3, -0.25) is 14.9 Å². The lowest BCUT2D eigenvalue weighted by atomic mass is 10.0. The monoisotopic (exact) mass is 300 g/mol. The molecule has 1 heterocycles. The number of hydrogen-bond donors (Lipinski definition) is 1. The van der Waals surface area contributed by atoms with Gasteiger partial charge < -0.3 is 5.32 Å². The lowest BCUT2D eigenvalue weighted by Crippen LogP contribution is -2.03. The summed E-state index contributed by atoms with van der Waals surface area (Å²) < 4.78 is 0. The van der Waals surface area contributed by atoms with Crippen molar-refractivity contribution in [1.29, 1.82) is 0 Å². The van der Waals surface area contributed by atoms with Gasteiger partial charge in [-0.15, -0.1) is 0 Å². The highest BCUT2D eigenvalue weighted by molar-refractivity contribution is 6.36. The summed E-state index contributed by atoms with van der Waals surface area (Å²) in [5.74, 6) is -0.301. The molecule has 0 bridgehead atoms. The zero-order valence-corrected chi connectivity index (χ0v) is 11.4. The third-order valence-corrected chi connectivity index (χ3v) is 3.43. The van der Waals surface area contributed by atoms with Crippen LogP contribution in [0.2, 0.25) is 5.02 Å². The number of para-hydroxylation sites is 1. The molecule has 5 nitrogen and oxygen atoms in total. The smallest absolute Gasteiger partial charge is 0.276 e. The van der Waals surface area contributed by atoms with Crippen molar-refractivity contribution in [2.75, 3.05) is 5.32 Å². The van der Waals surface area contributed by atoms with Gasteiger partial charge in [0.1, 0.15) is 0 Å². The van der Waals surface area contributed by atoms with Crippen molar-refractivity contribution < 1.29 is 9.72 Å². The van der Waals surface area contributed by atoms with Gasteiger partial charge in [0.05, 0.1) is 16.2 Å². The van der Waals surface area contributed by atoms with E-state index in [1.54, 1.807) is 36.4 Å². The van der Waals surface area contributed by atoms with Crippen molar-refractivity contribution in [3.63, 3.8) is 0 Å². The second-order valence-corrected chi connectivity index (χ2v) is 4.95. The second-order valence-electron chi connectivity index (χ2n) is 4.52. The largest absolute Gasteiger partial charge is 0.321 e. The molecule has 0 radical (unpaired) electrons. The average molecular weight is 301 g/mol. The molecule has 0 atom stereocenters. The molecule has 104 valence electrons. The minimum absolute atomic E-state index is 0.0415. The van der Waals surface area contributed by atoms with Crippen LogP contribution >= 0.6 is 11.6 Å². The van der Waals surface area contributed by atoms with Gasteiger partial charge in [-0.1, -0.05) is 29.8 Å². The van der Waals surface area contributed by atoms with Gasteiger partial charge in [0.25, 0.3) is 11.6 Å². The van der Waals surface area contributed by atoms with E-state index in [-0.39, 0.29) is 11.6 Å². The van der Waals surface area contributed by atoms with Crippen molar-refractivity contribution in [2.45, 2.75) is 0 Å². The molecule has 0 unspecified atom stereocenters. The van der Waals surface area contributed by atoms with Gasteiger partial charge in [0.2, 0.25) is 0 Å². The number of nitro groups is 1. The van der Waals surface area contributed by atoms with E-state index in [1.165, 1.54) is 12.1 Å². The standard InChI is InChI=1S/C15H9ClN2O3/c16-10-5-6-11-12(15(19)17-13(11)8-10)7-9-3-1-2-4-14(9)18(20)21/h1-8H,(H,17,19)/b12-7+. The van der Waals surface area contributed by atoms with Gasteiger partial charge in [-0.25, -0.2) is 0 Å². The fraction of sp³-hybridized carbons (Fsp3) is 0. The predicted octanol–water partition coefficient (Wildman–Crippen LogP) is 3.74. The summed E-state index contributed by atoms with van der Waals surface area (Å²) in [4.78, 5) is 22.6. The average Bonchev–Trinajstić information content (AvgIpc) is 2.74. The normalized spacial score (nSPS) is 14.9. The fourth-order valence-corrected chi connectivity index (χ4v) is 2.41. The number of halogens is 1. The number of benzene rings is 2. The van der Waals surface area contributed by atoms with E-state index in [1.807, 2.05) is 0 Å². The number of hydrogen-bond acceptors (Lipinski definition) is 3. The molecule has 1 amide bonds. The van der Waals surface area contributed by atoms with E-state index in [2.05, 4.69) is 5.32 Å². The molecule has 0 saturated carbocycles. The molecular formula is C15H9ClN2O3. The number of nitro benzene ring substituents is 1. The highest BCUT2D eigenvalue weighted by Crippen LogP contribution is 2.35. The molecule has 21 heavy (non-hydrogen) atoms. The van der Waals surface area contributed by atoms with Crippen LogP contribution in [-0.2, 0) is 4.79 Å². The SMILES string of the molecule is O=C1Nc2cc(Cl)ccc2/C1=C\c1ccccc1[N+](=O)[O-]. The van der Waals surface area contributed by atoms with Gasteiger partial charge in [-0.2, -0.15) is 0 Å². The third kappa shape index (κ3) is 2.39. The first-order valence-electron chi connectivity index (χ1n) is 6.12. The molecule has 3 rings (SSSR count). The molecular weight excluding hydrogens is 292 g/mol. The highest BCUT2D eigenvalue weighted by Gasteiger charge is 2.25. The number of nitrogens with zero attached hydrogens (tertiary/aromatic N) is 1. The van der Waals surface area contributed by atoms with Gasteiger partial charge >= 0.3 is 0 Å². The van der Waals surface area contributed by atoms with Crippen LogP contribution in [0.3, 0.4) is 0 Å². The number of rotatable bonds is 2. The van der Waals surface area contributed by atoms with Crippen molar-refractivity contribution in [2.24, 2.45) is 0 Å². The molecule has 0 spiro atoms. The van der Waals surface area contributed by atoms with Crippen LogP contribution in [0, 0.1) is 10.1 Å². The van der Waals surface area contributed by atoms with Crippen LogP contribution in [0.1, 0.15) is 11.1 Å². The number of anilines is 1. The molecule has 0 fully saturated rings. The molecule has 2 aromatic rings. The maximum atomic E-state index is 12.0. The number of fused-ring (bicyclic) bond motifs is 1. The molecule has 0 aromatic heterocycles. The lowest BCUT2D eigenvalue weighted by molar-refractivity contribution is -0.385. The van der Waals surface area contributed by atoms with Crippen molar-refractivity contribution >= 4 is 40.5 Å². The van der Waals surface area contributed by atoms with E-state index >= 15 is 0 Å². The van der Waals surface area contributed by atoms with Crippen LogP contribution in [0.5, 0.6) is 0 Å². The summed E-state index contributed by atoms with van der Waals surface area (Å²) in [5.41, 5.74) is 2.02. The maximum Gasteiger partial charge on any atom is 0.276 e. The Labute approximate surface area is 125 Å². The Morgan fingerprint density at radius 2 is 1.95 bits per heavy atom. The minimum atomic E-state index is -0.470. The lowest BCUT2D eigenvalue weighted by Gasteiger charge is -2.00. The minimum Gasteiger partial charge on any atom is -0.321 e. The van der Waals surface area contributed by atoms with Crippen LogP contribution in [0.25, 0.3) is 11.6 Å². The highest BCUT2D eigenvalue weighted by atomic mass is 35.5. The van der Waals surface area contributed by atoms with Crippen molar-refractivity contribution in [3.8, 4) is 0 Å². The molecule has 0 saturated heterocycles. The Morgan fingerprint density at radius 3 is 2.71 bits per heavy atom. The zero-order chi connectivity index (χ0) is 15.0. The van der Waals surface area contributed by atoms with E-state index in [0.29, 0.717) is 27.4 Å². The predicted molar refractivity (Wildman–Crippen MR) is 81.0 cm³/mol. The first-order valence-corrected chi connectivity index (χ1v) is 6.50. The Bertz CT molecular complexity index is 799. The molecule has 6 heteroatoms. The van der Waals surface area contributed by atoms with Gasteiger partial charge in [0, 0.05) is 22.2 Å². The Morgan fingerprint density at radius 1 is 1.19 bits per heavy atom. The van der Waals surface area contributed by atoms with Crippen molar-refractivity contribution in [1.82, 2.24) is 0 Å². The van der Waals surface area contributed by atoms with E-state index in [0.717, 1.165) is 0 Å². The Balaban J connectivity index is 2.14. The van der Waals surface area contributed by atoms with Crippen molar-refractivity contribution in [3.05, 3.63) is 68.7 Å². The zero-order valence-electron chi connectivity index (χ0n) is 10.7. The summed E-state index contributed by atoms with van der Waals surface area (Å²) in [6.07, 6.45) is 1.52. The third-order valence-electron chi connectivity index (χ3n) is 3.20. The second kappa shape index (κ2) is 5.03. The molecule has 1 aliphatic rings. The summed E-state index contributed by atoms with van der Waals surface area (Å²) >= 11 is 5.89. The summed E-state index contributed by atoms with van der Waals surface area (Å²) in [6.45, 7) is 0. The van der Waals surface area contributed by atoms with E-state index < -0.39 is 4.92 Å². The maximum absolute atomic E-state index is 12.0. The summed E-state index contributed by atoms with van der Waals surface area (Å²) in [5, 5.41) is 14.2. The van der Waals surface area contributed by atoms with Crippen LogP contribution < -0.4 is 5.32 Å². The number of carbonyl (C=O) groups excluding carboxylic acids is 1. The number of nitrogens with one attached hydrogen (secondary N) is 1. The van der Waals surface area contributed by atoms with E-state index in [4.69, 9.17) is 11.6 Å². The summed E-state index contributed by atoms with van der Waals surface area (Å²) in [7, 11) is 0. The topological polar surface area (TPSA) is 72.2 Å².